The van der Waals surface area contributed by atoms with Gasteiger partial charge in [-0.3, -0.25) is 19.2 Å². The molecule has 0 radical (unpaired) electrons. The van der Waals surface area contributed by atoms with Crippen molar-refractivity contribution in [1.82, 2.24) is 40.6 Å². The number of ketones is 2. The highest BCUT2D eigenvalue weighted by atomic mass is 16.5. The Morgan fingerprint density at radius 2 is 1.10 bits per heavy atom. The number of carbonyl (C=O) groups is 4. The molecule has 2 heterocycles. The summed E-state index contributed by atoms with van der Waals surface area (Å²) in [5.41, 5.74) is -0.351. The molecule has 224 valence electrons. The molecule has 0 spiro atoms. The van der Waals surface area contributed by atoms with Crippen LogP contribution < -0.4 is 10.6 Å². The van der Waals surface area contributed by atoms with Crippen molar-refractivity contribution in [3.8, 4) is 0 Å². The maximum Gasteiger partial charge on any atom is 0.273 e. The summed E-state index contributed by atoms with van der Waals surface area (Å²) >= 11 is 0. The Bertz CT molecular complexity index is 1020. The van der Waals surface area contributed by atoms with Gasteiger partial charge in [-0.25, -0.2) is 9.36 Å². The van der Waals surface area contributed by atoms with Crippen molar-refractivity contribution in [2.75, 3.05) is 26.3 Å². The van der Waals surface area contributed by atoms with E-state index in [1.54, 1.807) is 12.4 Å². The predicted octanol–water partition coefficient (Wildman–Crippen LogP) is 2.47. The average Bonchev–Trinajstić information content (AvgIpc) is 3.52. The topological polar surface area (TPSA) is 163 Å². The number of hydrogen-bond donors (Lipinski definition) is 2. The highest BCUT2D eigenvalue weighted by molar-refractivity contribution is 5.92. The summed E-state index contributed by atoms with van der Waals surface area (Å²) in [6.45, 7) is 13.6. The summed E-state index contributed by atoms with van der Waals surface area (Å²) in [6, 6.07) is 0. The summed E-state index contributed by atoms with van der Waals surface area (Å²) in [6.07, 6.45) is 5.06. The lowest BCUT2D eigenvalue weighted by Gasteiger charge is -2.16. The second-order valence-corrected chi connectivity index (χ2v) is 11.4. The minimum absolute atomic E-state index is 0. The summed E-state index contributed by atoms with van der Waals surface area (Å²) < 4.78 is 8.64. The molecule has 13 nitrogen and oxygen atoms in total. The van der Waals surface area contributed by atoms with Gasteiger partial charge in [0.05, 0.1) is 38.7 Å². The van der Waals surface area contributed by atoms with Crippen LogP contribution in [0.25, 0.3) is 0 Å². The van der Waals surface area contributed by atoms with E-state index in [0.29, 0.717) is 65.1 Å². The van der Waals surface area contributed by atoms with Crippen molar-refractivity contribution < 1.29 is 23.9 Å². The summed E-state index contributed by atoms with van der Waals surface area (Å²) in [4.78, 5) is 48.3. The Morgan fingerprint density at radius 3 is 1.45 bits per heavy atom. The zero-order chi connectivity index (χ0) is 29.1. The Labute approximate surface area is 236 Å². The van der Waals surface area contributed by atoms with Gasteiger partial charge in [0.25, 0.3) is 11.8 Å². The fraction of sp³-hybridized carbons (Fsp3) is 0.704. The number of nitrogens with one attached hydrogen (secondary N) is 2. The van der Waals surface area contributed by atoms with Crippen molar-refractivity contribution in [3.63, 3.8) is 0 Å². The van der Waals surface area contributed by atoms with Crippen LogP contribution in [-0.4, -0.2) is 79.7 Å². The van der Waals surface area contributed by atoms with Gasteiger partial charge in [0, 0.05) is 36.8 Å². The van der Waals surface area contributed by atoms with Gasteiger partial charge < -0.3 is 15.4 Å². The van der Waals surface area contributed by atoms with Crippen molar-refractivity contribution in [2.24, 2.45) is 10.8 Å². The second-order valence-electron chi connectivity index (χ2n) is 11.4. The first kappa shape index (κ1) is 34.5. The lowest BCUT2D eigenvalue weighted by molar-refractivity contribution is -0.127. The molecule has 0 saturated heterocycles. The molecule has 0 unspecified atom stereocenters. The van der Waals surface area contributed by atoms with Crippen LogP contribution in [0.4, 0.5) is 0 Å². The zero-order valence-corrected chi connectivity index (χ0v) is 24.0. The normalized spacial score (nSPS) is 11.6. The van der Waals surface area contributed by atoms with Crippen molar-refractivity contribution >= 4 is 23.4 Å². The smallest absolute Gasteiger partial charge is 0.273 e. The average molecular weight is 563 g/mol. The van der Waals surface area contributed by atoms with E-state index in [4.69, 9.17) is 4.74 Å². The van der Waals surface area contributed by atoms with E-state index in [2.05, 4.69) is 31.3 Å². The molecule has 0 aliphatic rings. The molecule has 40 heavy (non-hydrogen) atoms. The standard InChI is InChI=1S/C26H42N8O5.CH4/c1-25(2,3)21(35)9-7-11-27-23(37)19-17-33(31-29-19)13-15-39-16-14-34-18-20(30-32-34)24(38)28-12-8-10-22(36)26(4,5)6;/h17-18H,7-16H2,1-6H3,(H,27,37)(H,28,38);1H4. The lowest BCUT2D eigenvalue weighted by atomic mass is 9.88. The molecule has 0 atom stereocenters. The highest BCUT2D eigenvalue weighted by Crippen LogP contribution is 2.18. The molecule has 2 N–H and O–H groups in total. The lowest BCUT2D eigenvalue weighted by Crippen LogP contribution is -2.26. The van der Waals surface area contributed by atoms with Gasteiger partial charge in [-0.1, -0.05) is 59.4 Å². The monoisotopic (exact) mass is 562 g/mol. The van der Waals surface area contributed by atoms with Crippen LogP contribution in [-0.2, 0) is 27.4 Å². The van der Waals surface area contributed by atoms with Crippen LogP contribution in [0.2, 0.25) is 0 Å². The number of carbonyl (C=O) groups excluding carboxylic acids is 4. The first-order valence-corrected chi connectivity index (χ1v) is 13.3. The summed E-state index contributed by atoms with van der Waals surface area (Å²) in [5, 5.41) is 21.1. The molecule has 2 amide bonds. The van der Waals surface area contributed by atoms with Crippen LogP contribution in [0.15, 0.2) is 12.4 Å². The van der Waals surface area contributed by atoms with Gasteiger partial charge in [0.15, 0.2) is 11.4 Å². The summed E-state index contributed by atoms with van der Waals surface area (Å²) in [7, 11) is 0. The molecule has 13 heteroatoms. The van der Waals surface area contributed by atoms with E-state index in [1.807, 2.05) is 41.5 Å². The van der Waals surface area contributed by atoms with Crippen LogP contribution in [0.5, 0.6) is 0 Å². The van der Waals surface area contributed by atoms with Gasteiger partial charge in [-0.05, 0) is 12.8 Å². The van der Waals surface area contributed by atoms with Crippen LogP contribution >= 0.6 is 0 Å². The first-order valence-electron chi connectivity index (χ1n) is 13.3. The molecule has 0 aromatic carbocycles. The van der Waals surface area contributed by atoms with E-state index >= 15 is 0 Å². The molecule has 0 bridgehead atoms. The number of Topliss-reactive ketones (excluding diaryl/α,β-unsaturated/α-hetero) is 2. The largest absolute Gasteiger partial charge is 0.378 e. The zero-order valence-electron chi connectivity index (χ0n) is 24.0. The SMILES string of the molecule is C.CC(C)(C)C(=O)CCCNC(=O)c1cn(CCOCCn2cc(C(=O)NCCCC(=O)C(C)(C)C)nn2)nn1. The number of ether oxygens (including phenoxy) is 1. The molecular formula is C27H46N8O5. The van der Waals surface area contributed by atoms with Crippen molar-refractivity contribution in [2.45, 2.75) is 87.7 Å². The van der Waals surface area contributed by atoms with E-state index in [-0.39, 0.29) is 53.0 Å². The number of hydrogen-bond acceptors (Lipinski definition) is 9. The quantitative estimate of drug-likeness (QED) is 0.293. The van der Waals surface area contributed by atoms with E-state index in [9.17, 15) is 19.2 Å². The Hall–Kier alpha value is -3.48. The van der Waals surface area contributed by atoms with Gasteiger partial charge in [0.2, 0.25) is 0 Å². The molecule has 0 aliphatic heterocycles. The van der Waals surface area contributed by atoms with Crippen molar-refractivity contribution in [3.05, 3.63) is 23.8 Å². The van der Waals surface area contributed by atoms with Gasteiger partial charge in [-0.15, -0.1) is 10.2 Å². The Morgan fingerprint density at radius 1 is 0.725 bits per heavy atom. The Kier molecular flexibility index (Phi) is 13.8. The Balaban J connectivity index is 0.00000800. The third-order valence-electron chi connectivity index (χ3n) is 5.88. The molecule has 2 aromatic heterocycles. The minimum atomic E-state index is -0.376. The molecule has 2 rings (SSSR count). The summed E-state index contributed by atoms with van der Waals surface area (Å²) in [5.74, 6) is -0.353. The second kappa shape index (κ2) is 15.9. The van der Waals surface area contributed by atoms with E-state index < -0.39 is 0 Å². The number of amides is 2. The molecule has 0 saturated carbocycles. The minimum Gasteiger partial charge on any atom is -0.378 e. The third-order valence-corrected chi connectivity index (χ3v) is 5.88. The molecule has 0 aliphatic carbocycles. The fourth-order valence-corrected chi connectivity index (χ4v) is 3.27. The van der Waals surface area contributed by atoms with Crippen LogP contribution in [0.1, 0.15) is 95.6 Å². The van der Waals surface area contributed by atoms with Crippen molar-refractivity contribution in [1.29, 1.82) is 0 Å². The highest BCUT2D eigenvalue weighted by Gasteiger charge is 2.21. The first-order chi connectivity index (χ1) is 18.3. The van der Waals surface area contributed by atoms with Gasteiger partial charge in [0.1, 0.15) is 11.6 Å². The third kappa shape index (κ3) is 12.1. The number of aromatic nitrogens is 6. The van der Waals surface area contributed by atoms with Crippen LogP contribution in [0, 0.1) is 10.8 Å². The molecular weight excluding hydrogens is 516 g/mol. The van der Waals surface area contributed by atoms with E-state index in [0.717, 1.165) is 0 Å². The van der Waals surface area contributed by atoms with Gasteiger partial charge >= 0.3 is 0 Å². The van der Waals surface area contributed by atoms with E-state index in [1.165, 1.54) is 9.36 Å². The predicted molar refractivity (Wildman–Crippen MR) is 150 cm³/mol. The van der Waals surface area contributed by atoms with Gasteiger partial charge in [-0.2, -0.15) is 0 Å². The molecule has 2 aromatic rings. The van der Waals surface area contributed by atoms with Crippen LogP contribution in [0.3, 0.4) is 0 Å². The number of rotatable bonds is 16. The molecule has 0 fully saturated rings. The number of nitrogens with zero attached hydrogens (tertiary/aromatic N) is 6. The fourth-order valence-electron chi connectivity index (χ4n) is 3.27. The maximum atomic E-state index is 12.2. The maximum absolute atomic E-state index is 12.2.